The lowest BCUT2D eigenvalue weighted by molar-refractivity contribution is -0.128. The number of ether oxygens (including phenoxy) is 1. The maximum Gasteiger partial charge on any atom is 0.261 e. The Labute approximate surface area is 141 Å². The summed E-state index contributed by atoms with van der Waals surface area (Å²) in [6, 6.07) is 15.2. The molecule has 0 aliphatic carbocycles. The molecule has 24 heavy (non-hydrogen) atoms. The maximum atomic E-state index is 12.4. The van der Waals surface area contributed by atoms with E-state index in [0.717, 1.165) is 22.4 Å². The Kier molecular flexibility index (Phi) is 4.51. The summed E-state index contributed by atoms with van der Waals surface area (Å²) >= 11 is 0. The second-order valence-electron chi connectivity index (χ2n) is 5.95. The summed E-state index contributed by atoms with van der Waals surface area (Å²) in [5.41, 5.74) is 2.94. The Bertz CT molecular complexity index is 823. The van der Waals surface area contributed by atoms with Crippen LogP contribution in [0.4, 0.5) is 0 Å². The normalized spacial score (nSPS) is 13.5. The molecule has 0 fully saturated rings. The van der Waals surface area contributed by atoms with Crippen LogP contribution in [0.25, 0.3) is 11.0 Å². The number of fused-ring (bicyclic) bond motifs is 1. The molecule has 0 aliphatic rings. The van der Waals surface area contributed by atoms with Gasteiger partial charge in [-0.05, 0) is 50.6 Å². The number of aromatic nitrogens is 2. The van der Waals surface area contributed by atoms with Gasteiger partial charge in [-0.3, -0.25) is 4.79 Å². The molecular weight excluding hydrogens is 302 g/mol. The topological polar surface area (TPSA) is 67.0 Å². The zero-order chi connectivity index (χ0) is 17.1. The quantitative estimate of drug-likeness (QED) is 0.755. The van der Waals surface area contributed by atoms with Gasteiger partial charge in [-0.1, -0.05) is 24.3 Å². The van der Waals surface area contributed by atoms with Crippen molar-refractivity contribution >= 4 is 16.9 Å². The third-order valence-corrected chi connectivity index (χ3v) is 3.85. The SMILES string of the molecule is Cc1cccc(OC(C)C(=O)NC(C)c2nc3ccccc3[nH]2)c1. The van der Waals surface area contributed by atoms with E-state index in [1.807, 2.05) is 62.4 Å². The molecule has 0 aliphatic heterocycles. The molecular formula is C19H21N3O2. The van der Waals surface area contributed by atoms with Crippen molar-refractivity contribution in [1.29, 1.82) is 0 Å². The number of nitrogens with one attached hydrogen (secondary N) is 2. The van der Waals surface area contributed by atoms with Crippen LogP contribution in [0.1, 0.15) is 31.3 Å². The third-order valence-electron chi connectivity index (χ3n) is 3.85. The summed E-state index contributed by atoms with van der Waals surface area (Å²) in [7, 11) is 0. The van der Waals surface area contributed by atoms with Crippen molar-refractivity contribution in [3.63, 3.8) is 0 Å². The van der Waals surface area contributed by atoms with Crippen molar-refractivity contribution in [2.24, 2.45) is 0 Å². The zero-order valence-electron chi connectivity index (χ0n) is 14.0. The highest BCUT2D eigenvalue weighted by molar-refractivity contribution is 5.81. The maximum absolute atomic E-state index is 12.4. The highest BCUT2D eigenvalue weighted by Gasteiger charge is 2.19. The summed E-state index contributed by atoms with van der Waals surface area (Å²) in [4.78, 5) is 20.1. The molecule has 1 amide bonds. The monoisotopic (exact) mass is 323 g/mol. The average molecular weight is 323 g/mol. The van der Waals surface area contributed by atoms with Crippen LogP contribution >= 0.6 is 0 Å². The van der Waals surface area contributed by atoms with Crippen LogP contribution in [-0.2, 0) is 4.79 Å². The number of imidazole rings is 1. The van der Waals surface area contributed by atoms with E-state index in [-0.39, 0.29) is 11.9 Å². The van der Waals surface area contributed by atoms with Gasteiger partial charge in [-0.15, -0.1) is 0 Å². The molecule has 3 aromatic rings. The van der Waals surface area contributed by atoms with Crippen molar-refractivity contribution in [2.75, 3.05) is 0 Å². The molecule has 124 valence electrons. The molecule has 2 aromatic carbocycles. The van der Waals surface area contributed by atoms with E-state index in [0.29, 0.717) is 5.75 Å². The van der Waals surface area contributed by atoms with Crippen molar-refractivity contribution in [1.82, 2.24) is 15.3 Å². The number of amides is 1. The van der Waals surface area contributed by atoms with Crippen LogP contribution < -0.4 is 10.1 Å². The Hall–Kier alpha value is -2.82. The predicted molar refractivity (Wildman–Crippen MR) is 93.9 cm³/mol. The molecule has 1 heterocycles. The number of H-pyrrole nitrogens is 1. The van der Waals surface area contributed by atoms with Crippen LogP contribution in [0.5, 0.6) is 5.75 Å². The van der Waals surface area contributed by atoms with Gasteiger partial charge in [0.15, 0.2) is 6.10 Å². The zero-order valence-corrected chi connectivity index (χ0v) is 14.0. The molecule has 0 bridgehead atoms. The minimum atomic E-state index is -0.585. The Morgan fingerprint density at radius 1 is 1.17 bits per heavy atom. The predicted octanol–water partition coefficient (Wildman–Crippen LogP) is 3.52. The molecule has 5 nitrogen and oxygen atoms in total. The summed E-state index contributed by atoms with van der Waals surface area (Å²) in [6.07, 6.45) is -0.585. The second-order valence-corrected chi connectivity index (χ2v) is 5.95. The van der Waals surface area contributed by atoms with Crippen molar-refractivity contribution < 1.29 is 9.53 Å². The van der Waals surface area contributed by atoms with E-state index < -0.39 is 6.10 Å². The first kappa shape index (κ1) is 16.1. The molecule has 0 radical (unpaired) electrons. The minimum Gasteiger partial charge on any atom is -0.481 e. The molecule has 1 aromatic heterocycles. The van der Waals surface area contributed by atoms with Crippen molar-refractivity contribution in [2.45, 2.75) is 32.9 Å². The standard InChI is InChI=1S/C19H21N3O2/c1-12-7-6-8-15(11-12)24-14(3)19(23)20-13(2)18-21-16-9-4-5-10-17(16)22-18/h4-11,13-14H,1-3H3,(H,20,23)(H,21,22). The van der Waals surface area contributed by atoms with Crippen LogP contribution in [0.3, 0.4) is 0 Å². The van der Waals surface area contributed by atoms with Crippen LogP contribution in [0.15, 0.2) is 48.5 Å². The lowest BCUT2D eigenvalue weighted by Gasteiger charge is -2.17. The highest BCUT2D eigenvalue weighted by Crippen LogP contribution is 2.17. The van der Waals surface area contributed by atoms with E-state index >= 15 is 0 Å². The smallest absolute Gasteiger partial charge is 0.261 e. The number of rotatable bonds is 5. The fourth-order valence-electron chi connectivity index (χ4n) is 2.52. The molecule has 0 saturated heterocycles. The molecule has 3 rings (SSSR count). The summed E-state index contributed by atoms with van der Waals surface area (Å²) in [5, 5.41) is 2.93. The van der Waals surface area contributed by atoms with Gasteiger partial charge in [0.1, 0.15) is 11.6 Å². The van der Waals surface area contributed by atoms with Gasteiger partial charge in [0.25, 0.3) is 5.91 Å². The van der Waals surface area contributed by atoms with Gasteiger partial charge >= 0.3 is 0 Å². The van der Waals surface area contributed by atoms with E-state index in [2.05, 4.69) is 15.3 Å². The Morgan fingerprint density at radius 3 is 2.71 bits per heavy atom. The molecule has 2 unspecified atom stereocenters. The van der Waals surface area contributed by atoms with Gasteiger partial charge in [-0.25, -0.2) is 4.98 Å². The lowest BCUT2D eigenvalue weighted by Crippen LogP contribution is -2.38. The highest BCUT2D eigenvalue weighted by atomic mass is 16.5. The van der Waals surface area contributed by atoms with Gasteiger partial charge in [-0.2, -0.15) is 0 Å². The summed E-state index contributed by atoms with van der Waals surface area (Å²) in [6.45, 7) is 5.62. The first-order valence-corrected chi connectivity index (χ1v) is 8.01. The first-order chi connectivity index (χ1) is 11.5. The molecule has 0 saturated carbocycles. The third kappa shape index (κ3) is 3.56. The summed E-state index contributed by atoms with van der Waals surface area (Å²) in [5.74, 6) is 1.24. The number of para-hydroxylation sites is 2. The Morgan fingerprint density at radius 2 is 1.96 bits per heavy atom. The van der Waals surface area contributed by atoms with Crippen LogP contribution in [0.2, 0.25) is 0 Å². The van der Waals surface area contributed by atoms with E-state index in [4.69, 9.17) is 4.74 Å². The number of carbonyl (C=O) groups is 1. The first-order valence-electron chi connectivity index (χ1n) is 8.01. The van der Waals surface area contributed by atoms with Gasteiger partial charge in [0.05, 0.1) is 17.1 Å². The number of nitrogens with zero attached hydrogens (tertiary/aromatic N) is 1. The number of aromatic amines is 1. The van der Waals surface area contributed by atoms with E-state index in [1.165, 1.54) is 0 Å². The fraction of sp³-hybridized carbons (Fsp3) is 0.263. The lowest BCUT2D eigenvalue weighted by atomic mass is 10.2. The van der Waals surface area contributed by atoms with Crippen LogP contribution in [0, 0.1) is 6.92 Å². The second kappa shape index (κ2) is 6.74. The number of benzene rings is 2. The average Bonchev–Trinajstić information content (AvgIpc) is 2.99. The van der Waals surface area contributed by atoms with Crippen molar-refractivity contribution in [3.8, 4) is 5.75 Å². The number of aryl methyl sites for hydroxylation is 1. The molecule has 2 N–H and O–H groups in total. The van der Waals surface area contributed by atoms with Gasteiger partial charge < -0.3 is 15.0 Å². The molecule has 0 spiro atoms. The number of carbonyl (C=O) groups excluding carboxylic acids is 1. The fourth-order valence-corrected chi connectivity index (χ4v) is 2.52. The van der Waals surface area contributed by atoms with E-state index in [1.54, 1.807) is 6.92 Å². The molecule has 2 atom stereocenters. The minimum absolute atomic E-state index is 0.176. The molecule has 5 heteroatoms. The number of hydrogen-bond acceptors (Lipinski definition) is 3. The van der Waals surface area contributed by atoms with Gasteiger partial charge in [0.2, 0.25) is 0 Å². The number of hydrogen-bond donors (Lipinski definition) is 2. The van der Waals surface area contributed by atoms with Gasteiger partial charge in [0, 0.05) is 0 Å². The van der Waals surface area contributed by atoms with Crippen molar-refractivity contribution in [3.05, 3.63) is 59.9 Å². The van der Waals surface area contributed by atoms with E-state index in [9.17, 15) is 4.79 Å². The van der Waals surface area contributed by atoms with Crippen LogP contribution in [-0.4, -0.2) is 22.0 Å². The Balaban J connectivity index is 1.64. The largest absolute Gasteiger partial charge is 0.481 e. The summed E-state index contributed by atoms with van der Waals surface area (Å²) < 4.78 is 5.71.